The molecule has 4 heteroatoms. The van der Waals surface area contributed by atoms with Crippen LogP contribution in [0.15, 0.2) is 39.4 Å². The van der Waals surface area contributed by atoms with E-state index in [1.165, 1.54) is 0 Å². The number of anilines is 1. The molecule has 0 bridgehead atoms. The van der Waals surface area contributed by atoms with E-state index >= 15 is 0 Å². The van der Waals surface area contributed by atoms with Crippen LogP contribution in [0.3, 0.4) is 0 Å². The van der Waals surface area contributed by atoms with Crippen molar-refractivity contribution in [1.29, 1.82) is 0 Å². The molecule has 0 radical (unpaired) electrons. The van der Waals surface area contributed by atoms with Gasteiger partial charge in [-0.2, -0.15) is 0 Å². The fraction of sp³-hybridized carbons (Fsp3) is 0. The second kappa shape index (κ2) is 3.22. The zero-order valence-corrected chi connectivity index (χ0v) is 8.28. The molecule has 0 fully saturated rings. The lowest BCUT2D eigenvalue weighted by Gasteiger charge is -1.96. The first-order chi connectivity index (χ1) is 6.25. The maximum Gasteiger partial charge on any atom is 0.169 e. The maximum absolute atomic E-state index is 5.54. The van der Waals surface area contributed by atoms with E-state index < -0.39 is 0 Å². The molecule has 3 nitrogen and oxygen atoms in total. The topological polar surface area (TPSA) is 52.0 Å². The quantitative estimate of drug-likeness (QED) is 0.832. The van der Waals surface area contributed by atoms with Gasteiger partial charge in [-0.1, -0.05) is 6.07 Å². The number of furan rings is 1. The van der Waals surface area contributed by atoms with E-state index in [1.54, 1.807) is 6.07 Å². The summed E-state index contributed by atoms with van der Waals surface area (Å²) in [6.07, 6.45) is 0. The summed E-state index contributed by atoms with van der Waals surface area (Å²) in [5.41, 5.74) is 6.28. The summed E-state index contributed by atoms with van der Waals surface area (Å²) in [5.74, 6) is 1.20. The highest BCUT2D eigenvalue weighted by Gasteiger charge is 2.03. The minimum atomic E-state index is 0.491. The Morgan fingerprint density at radius 1 is 1.23 bits per heavy atom. The molecule has 0 saturated carbocycles. The van der Waals surface area contributed by atoms with Crippen LogP contribution in [0.4, 0.5) is 5.82 Å². The minimum Gasteiger partial charge on any atom is -0.448 e. The highest BCUT2D eigenvalue weighted by molar-refractivity contribution is 9.10. The molecule has 0 atom stereocenters. The molecular formula is C9H7BrN2O. The first-order valence-electron chi connectivity index (χ1n) is 3.74. The Balaban J connectivity index is 2.46. The van der Waals surface area contributed by atoms with Crippen LogP contribution in [-0.4, -0.2) is 4.98 Å². The molecular weight excluding hydrogens is 232 g/mol. The van der Waals surface area contributed by atoms with Gasteiger partial charge < -0.3 is 10.2 Å². The molecule has 2 aromatic heterocycles. The third kappa shape index (κ3) is 1.72. The summed E-state index contributed by atoms with van der Waals surface area (Å²) in [7, 11) is 0. The number of pyridine rings is 1. The van der Waals surface area contributed by atoms with Crippen LogP contribution in [-0.2, 0) is 0 Å². The van der Waals surface area contributed by atoms with Crippen LogP contribution in [0.2, 0.25) is 0 Å². The van der Waals surface area contributed by atoms with Gasteiger partial charge in [-0.15, -0.1) is 0 Å². The van der Waals surface area contributed by atoms with Crippen molar-refractivity contribution in [2.75, 3.05) is 5.73 Å². The first kappa shape index (κ1) is 8.31. The average molecular weight is 239 g/mol. The average Bonchev–Trinajstić information content (AvgIpc) is 2.52. The second-order valence-corrected chi connectivity index (χ2v) is 3.33. The van der Waals surface area contributed by atoms with Gasteiger partial charge in [0.15, 0.2) is 10.4 Å². The van der Waals surface area contributed by atoms with E-state index in [2.05, 4.69) is 20.9 Å². The summed E-state index contributed by atoms with van der Waals surface area (Å²) >= 11 is 3.22. The highest BCUT2D eigenvalue weighted by atomic mass is 79.9. The molecule has 0 amide bonds. The van der Waals surface area contributed by atoms with Gasteiger partial charge >= 0.3 is 0 Å². The van der Waals surface area contributed by atoms with E-state index in [0.717, 1.165) is 5.69 Å². The molecule has 0 saturated heterocycles. The Labute approximate surface area is 83.7 Å². The van der Waals surface area contributed by atoms with Crippen LogP contribution in [0, 0.1) is 0 Å². The maximum atomic E-state index is 5.54. The molecule has 0 aliphatic carbocycles. The number of aromatic nitrogens is 1. The number of hydrogen-bond acceptors (Lipinski definition) is 3. The third-order valence-corrected chi connectivity index (χ3v) is 2.02. The van der Waals surface area contributed by atoms with Crippen LogP contribution < -0.4 is 5.73 Å². The van der Waals surface area contributed by atoms with Crippen LogP contribution in [0.25, 0.3) is 11.5 Å². The lowest BCUT2D eigenvalue weighted by Crippen LogP contribution is -1.90. The molecule has 0 aliphatic rings. The molecule has 13 heavy (non-hydrogen) atoms. The van der Waals surface area contributed by atoms with Gasteiger partial charge in [-0.05, 0) is 40.2 Å². The fourth-order valence-electron chi connectivity index (χ4n) is 1.04. The SMILES string of the molecule is Nc1cccc(-c2ccc(Br)o2)n1. The van der Waals surface area contributed by atoms with E-state index in [9.17, 15) is 0 Å². The van der Waals surface area contributed by atoms with Gasteiger partial charge in [0.25, 0.3) is 0 Å². The molecule has 0 spiro atoms. The highest BCUT2D eigenvalue weighted by Crippen LogP contribution is 2.23. The van der Waals surface area contributed by atoms with Crippen molar-refractivity contribution in [3.05, 3.63) is 35.0 Å². The van der Waals surface area contributed by atoms with E-state index in [1.807, 2.05) is 24.3 Å². The summed E-state index contributed by atoms with van der Waals surface area (Å²) in [6.45, 7) is 0. The Morgan fingerprint density at radius 3 is 2.69 bits per heavy atom. The second-order valence-electron chi connectivity index (χ2n) is 2.55. The van der Waals surface area contributed by atoms with Crippen molar-refractivity contribution in [3.8, 4) is 11.5 Å². The monoisotopic (exact) mass is 238 g/mol. The fourth-order valence-corrected chi connectivity index (χ4v) is 1.35. The summed E-state index contributed by atoms with van der Waals surface area (Å²) < 4.78 is 6.01. The van der Waals surface area contributed by atoms with Crippen molar-refractivity contribution in [3.63, 3.8) is 0 Å². The van der Waals surface area contributed by atoms with Gasteiger partial charge in [0, 0.05) is 0 Å². The number of hydrogen-bond donors (Lipinski definition) is 1. The molecule has 0 aromatic carbocycles. The Kier molecular flexibility index (Phi) is 2.06. The number of nitrogens with two attached hydrogens (primary N) is 1. The van der Waals surface area contributed by atoms with Crippen LogP contribution in [0.1, 0.15) is 0 Å². The molecule has 66 valence electrons. The Hall–Kier alpha value is -1.29. The number of halogens is 1. The van der Waals surface area contributed by atoms with E-state index in [-0.39, 0.29) is 0 Å². The first-order valence-corrected chi connectivity index (χ1v) is 4.53. The van der Waals surface area contributed by atoms with Crippen LogP contribution in [0.5, 0.6) is 0 Å². The van der Waals surface area contributed by atoms with Gasteiger partial charge in [0.1, 0.15) is 11.5 Å². The third-order valence-electron chi connectivity index (χ3n) is 1.60. The predicted octanol–water partition coefficient (Wildman–Crippen LogP) is 2.69. The smallest absolute Gasteiger partial charge is 0.169 e. The molecule has 0 aliphatic heterocycles. The van der Waals surface area contributed by atoms with E-state index in [4.69, 9.17) is 10.2 Å². The predicted molar refractivity (Wildman–Crippen MR) is 54.1 cm³/mol. The van der Waals surface area contributed by atoms with Crippen molar-refractivity contribution in [2.45, 2.75) is 0 Å². The van der Waals surface area contributed by atoms with Crippen molar-refractivity contribution in [2.24, 2.45) is 0 Å². The lowest BCUT2D eigenvalue weighted by atomic mass is 10.3. The minimum absolute atomic E-state index is 0.491. The Morgan fingerprint density at radius 2 is 2.08 bits per heavy atom. The Bertz CT molecular complexity index is 425. The molecule has 2 aromatic rings. The molecule has 2 heterocycles. The summed E-state index contributed by atoms with van der Waals surface area (Å²) in [4.78, 5) is 4.12. The number of nitrogen functional groups attached to an aromatic ring is 1. The number of nitrogens with zero attached hydrogens (tertiary/aromatic N) is 1. The van der Waals surface area contributed by atoms with Crippen molar-refractivity contribution < 1.29 is 4.42 Å². The normalized spacial score (nSPS) is 10.2. The zero-order chi connectivity index (χ0) is 9.26. The lowest BCUT2D eigenvalue weighted by molar-refractivity contribution is 0.554. The molecule has 2 rings (SSSR count). The zero-order valence-electron chi connectivity index (χ0n) is 6.70. The molecule has 2 N–H and O–H groups in total. The number of rotatable bonds is 1. The summed E-state index contributed by atoms with van der Waals surface area (Å²) in [6, 6.07) is 9.09. The largest absolute Gasteiger partial charge is 0.448 e. The van der Waals surface area contributed by atoms with Crippen molar-refractivity contribution >= 4 is 21.7 Å². The van der Waals surface area contributed by atoms with Gasteiger partial charge in [0.2, 0.25) is 0 Å². The van der Waals surface area contributed by atoms with Gasteiger partial charge in [-0.25, -0.2) is 4.98 Å². The standard InChI is InChI=1S/C9H7BrN2O/c10-8-5-4-7(13-8)6-2-1-3-9(11)12-6/h1-5H,(H2,11,12). The van der Waals surface area contributed by atoms with Crippen LogP contribution >= 0.6 is 15.9 Å². The van der Waals surface area contributed by atoms with Gasteiger partial charge in [-0.3, -0.25) is 0 Å². The van der Waals surface area contributed by atoms with E-state index in [0.29, 0.717) is 16.2 Å². The summed E-state index contributed by atoms with van der Waals surface area (Å²) in [5, 5.41) is 0. The van der Waals surface area contributed by atoms with Gasteiger partial charge in [0.05, 0.1) is 0 Å². The molecule has 0 unspecified atom stereocenters. The van der Waals surface area contributed by atoms with Crippen molar-refractivity contribution in [1.82, 2.24) is 4.98 Å².